The van der Waals surface area contributed by atoms with Gasteiger partial charge >= 0.3 is 0 Å². The molecule has 0 atom stereocenters. The first-order valence-corrected chi connectivity index (χ1v) is 7.94. The van der Waals surface area contributed by atoms with E-state index in [2.05, 4.69) is 20.6 Å². The summed E-state index contributed by atoms with van der Waals surface area (Å²) < 4.78 is 27.5. The minimum atomic E-state index is -0.792. The van der Waals surface area contributed by atoms with Crippen LogP contribution in [0.15, 0.2) is 48.5 Å². The Morgan fingerprint density at radius 2 is 1.73 bits per heavy atom. The van der Waals surface area contributed by atoms with Gasteiger partial charge in [0.05, 0.1) is 0 Å². The zero-order chi connectivity index (χ0) is 18.7. The van der Waals surface area contributed by atoms with Gasteiger partial charge in [0, 0.05) is 16.4 Å². The summed E-state index contributed by atoms with van der Waals surface area (Å²) in [5, 5.41) is 5.60. The number of nitrogens with one attached hydrogen (secondary N) is 2. The number of aryl methyl sites for hydroxylation is 1. The molecule has 0 aliphatic rings. The van der Waals surface area contributed by atoms with Crippen LogP contribution in [-0.2, 0) is 0 Å². The molecular formula is C18H13ClF2N4O. The lowest BCUT2D eigenvalue weighted by atomic mass is 10.2. The molecule has 1 aromatic heterocycles. The average molecular weight is 375 g/mol. The number of halogens is 3. The largest absolute Gasteiger partial charge is 0.321 e. The van der Waals surface area contributed by atoms with Gasteiger partial charge in [0.2, 0.25) is 5.95 Å². The van der Waals surface area contributed by atoms with Crippen molar-refractivity contribution in [1.29, 1.82) is 0 Å². The van der Waals surface area contributed by atoms with E-state index < -0.39 is 17.5 Å². The highest BCUT2D eigenvalue weighted by Crippen LogP contribution is 2.22. The Kier molecular flexibility index (Phi) is 5.09. The van der Waals surface area contributed by atoms with Crippen molar-refractivity contribution in [2.45, 2.75) is 6.92 Å². The Labute approximate surface area is 153 Å². The number of carbonyl (C=O) groups excluding carboxylic acids is 1. The number of hydrogen-bond acceptors (Lipinski definition) is 4. The van der Waals surface area contributed by atoms with E-state index in [1.807, 2.05) is 0 Å². The fourth-order valence-electron chi connectivity index (χ4n) is 2.23. The number of anilines is 3. The molecule has 1 amide bonds. The molecule has 0 saturated heterocycles. The molecular weight excluding hydrogens is 362 g/mol. The minimum absolute atomic E-state index is 0.0386. The van der Waals surface area contributed by atoms with Crippen molar-refractivity contribution in [3.8, 4) is 0 Å². The van der Waals surface area contributed by atoms with Crippen molar-refractivity contribution < 1.29 is 13.6 Å². The quantitative estimate of drug-likeness (QED) is 0.694. The monoisotopic (exact) mass is 374 g/mol. The molecule has 2 N–H and O–H groups in total. The van der Waals surface area contributed by atoms with E-state index in [0.29, 0.717) is 16.4 Å². The summed E-state index contributed by atoms with van der Waals surface area (Å²) in [6, 6.07) is 11.5. The molecule has 132 valence electrons. The predicted octanol–water partition coefficient (Wildman–Crippen LogP) is 4.71. The summed E-state index contributed by atoms with van der Waals surface area (Å²) >= 11 is 5.89. The molecule has 0 radical (unpaired) electrons. The molecule has 0 spiro atoms. The third-order valence-corrected chi connectivity index (χ3v) is 3.60. The number of benzene rings is 2. The van der Waals surface area contributed by atoms with Crippen LogP contribution in [0.2, 0.25) is 5.02 Å². The van der Waals surface area contributed by atoms with Gasteiger partial charge in [0.15, 0.2) is 0 Å². The molecule has 1 heterocycles. The highest BCUT2D eigenvalue weighted by Gasteiger charge is 2.14. The van der Waals surface area contributed by atoms with E-state index in [9.17, 15) is 13.6 Å². The SMILES string of the molecule is Cc1cc(C(=O)Nc2cccc(Cl)c2)nc(Nc2c(F)cccc2F)n1. The first-order chi connectivity index (χ1) is 12.4. The molecule has 26 heavy (non-hydrogen) atoms. The molecule has 8 heteroatoms. The van der Waals surface area contributed by atoms with Crippen LogP contribution in [0.25, 0.3) is 0 Å². The third kappa shape index (κ3) is 4.12. The topological polar surface area (TPSA) is 66.9 Å². The summed E-state index contributed by atoms with van der Waals surface area (Å²) in [4.78, 5) is 20.5. The molecule has 0 aliphatic heterocycles. The number of para-hydroxylation sites is 1. The predicted molar refractivity (Wildman–Crippen MR) is 95.8 cm³/mol. The van der Waals surface area contributed by atoms with Crippen LogP contribution in [0.5, 0.6) is 0 Å². The Hall–Kier alpha value is -3.06. The maximum absolute atomic E-state index is 13.8. The van der Waals surface area contributed by atoms with Crippen molar-refractivity contribution >= 4 is 34.8 Å². The molecule has 0 bridgehead atoms. The molecule has 2 aromatic carbocycles. The zero-order valence-electron chi connectivity index (χ0n) is 13.6. The Balaban J connectivity index is 1.86. The Morgan fingerprint density at radius 3 is 2.42 bits per heavy atom. The minimum Gasteiger partial charge on any atom is -0.321 e. The van der Waals surface area contributed by atoms with Crippen LogP contribution < -0.4 is 10.6 Å². The van der Waals surface area contributed by atoms with Crippen LogP contribution in [0.1, 0.15) is 16.2 Å². The Morgan fingerprint density at radius 1 is 1.04 bits per heavy atom. The number of carbonyl (C=O) groups is 1. The summed E-state index contributed by atoms with van der Waals surface area (Å²) in [6.07, 6.45) is 0. The molecule has 3 aromatic rings. The van der Waals surface area contributed by atoms with Crippen LogP contribution in [0.4, 0.5) is 26.1 Å². The second kappa shape index (κ2) is 7.45. The number of amides is 1. The van der Waals surface area contributed by atoms with E-state index in [4.69, 9.17) is 11.6 Å². The van der Waals surface area contributed by atoms with Gasteiger partial charge in [-0.15, -0.1) is 0 Å². The molecule has 0 aliphatic carbocycles. The van der Waals surface area contributed by atoms with Gasteiger partial charge in [-0.2, -0.15) is 0 Å². The molecule has 0 fully saturated rings. The first-order valence-electron chi connectivity index (χ1n) is 7.56. The van der Waals surface area contributed by atoms with E-state index in [1.165, 1.54) is 12.1 Å². The van der Waals surface area contributed by atoms with Crippen molar-refractivity contribution in [3.63, 3.8) is 0 Å². The number of nitrogens with zero attached hydrogens (tertiary/aromatic N) is 2. The van der Waals surface area contributed by atoms with Crippen LogP contribution in [0, 0.1) is 18.6 Å². The van der Waals surface area contributed by atoms with Crippen LogP contribution in [-0.4, -0.2) is 15.9 Å². The lowest BCUT2D eigenvalue weighted by Crippen LogP contribution is -2.15. The number of rotatable bonds is 4. The van der Waals surface area contributed by atoms with Crippen molar-refractivity contribution in [3.05, 3.63) is 76.6 Å². The fourth-order valence-corrected chi connectivity index (χ4v) is 2.42. The van der Waals surface area contributed by atoms with Crippen LogP contribution in [0.3, 0.4) is 0 Å². The van der Waals surface area contributed by atoms with Crippen molar-refractivity contribution in [2.75, 3.05) is 10.6 Å². The fraction of sp³-hybridized carbons (Fsp3) is 0.0556. The normalized spacial score (nSPS) is 10.5. The number of aromatic nitrogens is 2. The van der Waals surface area contributed by atoms with Crippen molar-refractivity contribution in [2.24, 2.45) is 0 Å². The molecule has 5 nitrogen and oxygen atoms in total. The van der Waals surface area contributed by atoms with Gasteiger partial charge in [0.1, 0.15) is 23.0 Å². The summed E-state index contributed by atoms with van der Waals surface area (Å²) in [5.41, 5.74) is 0.597. The summed E-state index contributed by atoms with van der Waals surface area (Å²) in [6.45, 7) is 1.64. The molecule has 0 saturated carbocycles. The highest BCUT2D eigenvalue weighted by molar-refractivity contribution is 6.30. The lowest BCUT2D eigenvalue weighted by Gasteiger charge is -2.10. The number of hydrogen-bond donors (Lipinski definition) is 2. The maximum atomic E-state index is 13.8. The van der Waals surface area contributed by atoms with Gasteiger partial charge in [-0.05, 0) is 43.3 Å². The molecule has 0 unspecified atom stereocenters. The Bertz CT molecular complexity index is 961. The maximum Gasteiger partial charge on any atom is 0.274 e. The first kappa shape index (κ1) is 17.8. The van der Waals surface area contributed by atoms with E-state index in [0.717, 1.165) is 12.1 Å². The molecule has 3 rings (SSSR count). The van der Waals surface area contributed by atoms with Crippen LogP contribution >= 0.6 is 11.6 Å². The second-order valence-corrected chi connectivity index (χ2v) is 5.84. The lowest BCUT2D eigenvalue weighted by molar-refractivity contribution is 0.102. The van der Waals surface area contributed by atoms with Gasteiger partial charge in [0.25, 0.3) is 5.91 Å². The average Bonchev–Trinajstić information content (AvgIpc) is 2.58. The van der Waals surface area contributed by atoms with Gasteiger partial charge in [-0.1, -0.05) is 23.7 Å². The smallest absolute Gasteiger partial charge is 0.274 e. The van der Waals surface area contributed by atoms with E-state index in [1.54, 1.807) is 31.2 Å². The third-order valence-electron chi connectivity index (χ3n) is 3.37. The van der Waals surface area contributed by atoms with Crippen molar-refractivity contribution in [1.82, 2.24) is 9.97 Å². The van der Waals surface area contributed by atoms with Gasteiger partial charge < -0.3 is 10.6 Å². The summed E-state index contributed by atoms with van der Waals surface area (Å²) in [5.74, 6) is -2.18. The van der Waals surface area contributed by atoms with E-state index >= 15 is 0 Å². The standard InChI is InChI=1S/C18H13ClF2N4O/c1-10-8-15(17(26)23-12-5-2-4-11(19)9-12)24-18(22-10)25-16-13(20)6-3-7-14(16)21/h2-9H,1H3,(H,23,26)(H,22,24,25). The van der Waals surface area contributed by atoms with E-state index in [-0.39, 0.29) is 17.3 Å². The highest BCUT2D eigenvalue weighted by atomic mass is 35.5. The summed E-state index contributed by atoms with van der Waals surface area (Å²) in [7, 11) is 0. The van der Waals surface area contributed by atoms with Gasteiger partial charge in [-0.25, -0.2) is 18.7 Å². The second-order valence-electron chi connectivity index (χ2n) is 5.40. The zero-order valence-corrected chi connectivity index (χ0v) is 14.3. The van der Waals surface area contributed by atoms with Gasteiger partial charge in [-0.3, -0.25) is 4.79 Å².